The van der Waals surface area contributed by atoms with Crippen LogP contribution in [0.4, 0.5) is 0 Å². The Morgan fingerprint density at radius 2 is 2.00 bits per heavy atom. The molecule has 1 fully saturated rings. The summed E-state index contributed by atoms with van der Waals surface area (Å²) in [6.45, 7) is 6.00. The lowest BCUT2D eigenvalue weighted by Gasteiger charge is -2.44. The molecule has 0 bridgehead atoms. The molecule has 2 amide bonds. The lowest BCUT2D eigenvalue weighted by molar-refractivity contribution is -0.145. The van der Waals surface area contributed by atoms with Gasteiger partial charge in [0.2, 0.25) is 11.8 Å². The van der Waals surface area contributed by atoms with Gasteiger partial charge in [-0.3, -0.25) is 9.59 Å². The Balaban J connectivity index is 2.52. The van der Waals surface area contributed by atoms with E-state index in [2.05, 4.69) is 6.07 Å². The number of nitrogens with two attached hydrogens (primary N) is 1. The number of primary amides is 1. The number of hydrogen-bond acceptors (Lipinski definition) is 3. The minimum absolute atomic E-state index is 0.101. The van der Waals surface area contributed by atoms with Gasteiger partial charge in [-0.15, -0.1) is 0 Å². The number of amides is 2. The molecule has 0 aromatic rings. The van der Waals surface area contributed by atoms with Crippen LogP contribution in [-0.4, -0.2) is 29.8 Å². The maximum absolute atomic E-state index is 11.8. The predicted molar refractivity (Wildman–Crippen MR) is 57.9 cm³/mol. The first kappa shape index (κ1) is 12.5. The SMILES string of the molecule is CC1(C#N)CN(C(=O)CC(C)(C)C(N)=O)C1. The van der Waals surface area contributed by atoms with E-state index < -0.39 is 16.7 Å². The Morgan fingerprint density at radius 3 is 2.38 bits per heavy atom. The quantitative estimate of drug-likeness (QED) is 0.744. The van der Waals surface area contributed by atoms with Crippen molar-refractivity contribution in [3.8, 4) is 6.07 Å². The lowest BCUT2D eigenvalue weighted by atomic mass is 9.81. The Hall–Kier alpha value is -1.57. The van der Waals surface area contributed by atoms with Crippen molar-refractivity contribution in [2.45, 2.75) is 27.2 Å². The van der Waals surface area contributed by atoms with Crippen molar-refractivity contribution in [1.82, 2.24) is 4.90 Å². The fourth-order valence-electron chi connectivity index (χ4n) is 1.62. The van der Waals surface area contributed by atoms with E-state index in [1.54, 1.807) is 18.7 Å². The number of nitrogens with zero attached hydrogens (tertiary/aromatic N) is 2. The zero-order valence-electron chi connectivity index (χ0n) is 9.91. The minimum Gasteiger partial charge on any atom is -0.369 e. The highest BCUT2D eigenvalue weighted by Crippen LogP contribution is 2.31. The van der Waals surface area contributed by atoms with E-state index in [0.717, 1.165) is 0 Å². The van der Waals surface area contributed by atoms with Crippen LogP contribution in [0.2, 0.25) is 0 Å². The molecule has 0 atom stereocenters. The van der Waals surface area contributed by atoms with Gasteiger partial charge in [-0.25, -0.2) is 0 Å². The zero-order valence-corrected chi connectivity index (χ0v) is 9.91. The van der Waals surface area contributed by atoms with Crippen LogP contribution in [0.1, 0.15) is 27.2 Å². The van der Waals surface area contributed by atoms with Crippen molar-refractivity contribution in [2.75, 3.05) is 13.1 Å². The summed E-state index contributed by atoms with van der Waals surface area (Å²) in [6.07, 6.45) is 0.101. The molecule has 0 saturated carbocycles. The number of rotatable bonds is 3. The summed E-state index contributed by atoms with van der Waals surface area (Å²) in [5, 5.41) is 8.80. The first-order chi connectivity index (χ1) is 7.20. The van der Waals surface area contributed by atoms with Crippen molar-refractivity contribution in [1.29, 1.82) is 5.26 Å². The third-order valence-corrected chi connectivity index (χ3v) is 2.96. The first-order valence-corrected chi connectivity index (χ1v) is 5.19. The van der Waals surface area contributed by atoms with E-state index in [9.17, 15) is 9.59 Å². The van der Waals surface area contributed by atoms with Crippen LogP contribution >= 0.6 is 0 Å². The van der Waals surface area contributed by atoms with E-state index in [1.165, 1.54) is 0 Å². The van der Waals surface area contributed by atoms with Crippen LogP contribution in [0, 0.1) is 22.2 Å². The Labute approximate surface area is 95.2 Å². The Kier molecular flexibility index (Phi) is 2.95. The summed E-state index contributed by atoms with van der Waals surface area (Å²) in [5.41, 5.74) is 3.95. The van der Waals surface area contributed by atoms with Gasteiger partial charge in [-0.05, 0) is 6.92 Å². The third kappa shape index (κ3) is 2.32. The summed E-state index contributed by atoms with van der Waals surface area (Å²) in [4.78, 5) is 24.4. The van der Waals surface area contributed by atoms with Crippen LogP contribution in [-0.2, 0) is 9.59 Å². The minimum atomic E-state index is -0.824. The second-order valence-corrected chi connectivity index (χ2v) is 5.35. The molecule has 1 rings (SSSR count). The molecule has 1 aliphatic heterocycles. The average Bonchev–Trinajstić information content (AvgIpc) is 2.11. The van der Waals surface area contributed by atoms with Gasteiger partial charge in [-0.2, -0.15) is 5.26 Å². The highest BCUT2D eigenvalue weighted by atomic mass is 16.2. The fraction of sp³-hybridized carbons (Fsp3) is 0.727. The molecule has 16 heavy (non-hydrogen) atoms. The second-order valence-electron chi connectivity index (χ2n) is 5.35. The predicted octanol–water partition coefficient (Wildman–Crippen LogP) is 0.260. The normalized spacial score (nSPS) is 18.5. The summed E-state index contributed by atoms with van der Waals surface area (Å²) in [6, 6.07) is 2.16. The maximum atomic E-state index is 11.8. The lowest BCUT2D eigenvalue weighted by Crippen LogP contribution is -2.57. The van der Waals surface area contributed by atoms with Crippen molar-refractivity contribution < 1.29 is 9.59 Å². The van der Waals surface area contributed by atoms with Crippen molar-refractivity contribution >= 4 is 11.8 Å². The molecule has 0 radical (unpaired) electrons. The number of hydrogen-bond donors (Lipinski definition) is 1. The van der Waals surface area contributed by atoms with E-state index in [0.29, 0.717) is 13.1 Å². The Morgan fingerprint density at radius 1 is 1.50 bits per heavy atom. The smallest absolute Gasteiger partial charge is 0.223 e. The van der Waals surface area contributed by atoms with E-state index >= 15 is 0 Å². The molecule has 1 heterocycles. The number of carbonyl (C=O) groups is 2. The molecule has 0 aliphatic carbocycles. The molecule has 88 valence electrons. The van der Waals surface area contributed by atoms with E-state index in [-0.39, 0.29) is 12.3 Å². The zero-order chi connectivity index (χ0) is 12.6. The monoisotopic (exact) mass is 223 g/mol. The third-order valence-electron chi connectivity index (χ3n) is 2.96. The topological polar surface area (TPSA) is 87.2 Å². The standard InChI is InChI=1S/C11H17N3O2/c1-10(2,9(13)16)4-8(15)14-6-11(3,5-12)7-14/h4,6-7H2,1-3H3,(H2,13,16). The molecule has 0 unspecified atom stereocenters. The molecular formula is C11H17N3O2. The van der Waals surface area contributed by atoms with Crippen molar-refractivity contribution in [3.05, 3.63) is 0 Å². The molecule has 5 nitrogen and oxygen atoms in total. The van der Waals surface area contributed by atoms with Gasteiger partial charge in [0.05, 0.1) is 16.9 Å². The van der Waals surface area contributed by atoms with Crippen molar-refractivity contribution in [3.63, 3.8) is 0 Å². The van der Waals surface area contributed by atoms with Crippen LogP contribution < -0.4 is 5.73 Å². The summed E-state index contributed by atoms with van der Waals surface area (Å²) in [5.74, 6) is -0.596. The molecule has 0 aromatic heterocycles. The van der Waals surface area contributed by atoms with Gasteiger partial charge in [0, 0.05) is 19.5 Å². The average molecular weight is 223 g/mol. The fourth-order valence-corrected chi connectivity index (χ4v) is 1.62. The number of carbonyl (C=O) groups excluding carboxylic acids is 2. The first-order valence-electron chi connectivity index (χ1n) is 5.19. The van der Waals surface area contributed by atoms with Gasteiger partial charge >= 0.3 is 0 Å². The molecule has 1 aliphatic rings. The summed E-state index contributed by atoms with van der Waals surface area (Å²) in [7, 11) is 0. The second kappa shape index (κ2) is 3.78. The van der Waals surface area contributed by atoms with E-state index in [1.807, 2.05) is 6.92 Å². The molecule has 0 aromatic carbocycles. The van der Waals surface area contributed by atoms with Gasteiger partial charge in [0.1, 0.15) is 0 Å². The van der Waals surface area contributed by atoms with Crippen LogP contribution in [0.3, 0.4) is 0 Å². The highest BCUT2D eigenvalue weighted by Gasteiger charge is 2.43. The van der Waals surface area contributed by atoms with Gasteiger partial charge in [0.15, 0.2) is 0 Å². The summed E-state index contributed by atoms with van der Waals surface area (Å²) < 4.78 is 0. The van der Waals surface area contributed by atoms with E-state index in [4.69, 9.17) is 11.0 Å². The Bertz CT molecular complexity index is 362. The molecule has 0 spiro atoms. The molecule has 1 saturated heterocycles. The van der Waals surface area contributed by atoms with Crippen LogP contribution in [0.15, 0.2) is 0 Å². The number of likely N-dealkylation sites (tertiary alicyclic amines) is 1. The van der Waals surface area contributed by atoms with Gasteiger partial charge < -0.3 is 10.6 Å². The van der Waals surface area contributed by atoms with Gasteiger partial charge in [0.25, 0.3) is 0 Å². The largest absolute Gasteiger partial charge is 0.369 e. The van der Waals surface area contributed by atoms with Crippen molar-refractivity contribution in [2.24, 2.45) is 16.6 Å². The van der Waals surface area contributed by atoms with Crippen LogP contribution in [0.25, 0.3) is 0 Å². The highest BCUT2D eigenvalue weighted by molar-refractivity contribution is 5.87. The molecular weight excluding hydrogens is 206 g/mol. The van der Waals surface area contributed by atoms with Gasteiger partial charge in [-0.1, -0.05) is 13.8 Å². The summed E-state index contributed by atoms with van der Waals surface area (Å²) >= 11 is 0. The number of nitriles is 1. The molecule has 2 N–H and O–H groups in total. The van der Waals surface area contributed by atoms with Crippen LogP contribution in [0.5, 0.6) is 0 Å². The molecule has 5 heteroatoms. The maximum Gasteiger partial charge on any atom is 0.223 e.